The van der Waals surface area contributed by atoms with Crippen LogP contribution in [0.3, 0.4) is 0 Å². The predicted octanol–water partition coefficient (Wildman–Crippen LogP) is 2.01. The molecule has 16 heavy (non-hydrogen) atoms. The smallest absolute Gasteiger partial charge is 0.285 e. The van der Waals surface area contributed by atoms with Crippen molar-refractivity contribution in [2.45, 2.75) is 5.66 Å². The maximum atomic E-state index is 12.8. The molecule has 1 aromatic heterocycles. The Morgan fingerprint density at radius 1 is 1.56 bits per heavy atom. The van der Waals surface area contributed by atoms with Gasteiger partial charge in [0.25, 0.3) is 5.66 Å². The zero-order valence-electron chi connectivity index (χ0n) is 8.52. The lowest BCUT2D eigenvalue weighted by Crippen LogP contribution is -2.06. The summed E-state index contributed by atoms with van der Waals surface area (Å²) in [4.78, 5) is 11.9. The Labute approximate surface area is 93.6 Å². The zero-order valence-corrected chi connectivity index (χ0v) is 9.68. The molecule has 0 N–H and O–H groups in total. The maximum Gasteiger partial charge on any atom is 0.285 e. The van der Waals surface area contributed by atoms with Gasteiger partial charge in [0.05, 0.1) is 0 Å². The lowest BCUT2D eigenvalue weighted by Gasteiger charge is -2.09. The number of hydrogen-bond donors (Lipinski definition) is 0. The number of rotatable bonds is 3. The molecule has 0 saturated heterocycles. The SMILES string of the molecule is C=N/C(=N\OC)c1ccc(C(F)(F)P)cn1. The number of nitrogens with zero attached hydrogens (tertiary/aromatic N) is 3. The number of oxime groups is 1. The van der Waals surface area contributed by atoms with Gasteiger partial charge in [-0.1, -0.05) is 14.4 Å². The number of aliphatic imine (C=N–C) groups is 1. The van der Waals surface area contributed by atoms with Gasteiger partial charge in [-0.15, -0.1) is 0 Å². The number of alkyl halides is 2. The molecule has 86 valence electrons. The molecule has 0 bridgehead atoms. The first-order chi connectivity index (χ1) is 7.49. The van der Waals surface area contributed by atoms with Crippen molar-refractivity contribution < 1.29 is 13.6 Å². The van der Waals surface area contributed by atoms with Crippen LogP contribution in [0.2, 0.25) is 0 Å². The monoisotopic (exact) mass is 245 g/mol. The Balaban J connectivity index is 3.03. The van der Waals surface area contributed by atoms with E-state index in [0.29, 0.717) is 5.69 Å². The molecular weight excluding hydrogens is 235 g/mol. The third-order valence-corrected chi connectivity index (χ3v) is 2.04. The second-order valence-electron chi connectivity index (χ2n) is 2.81. The summed E-state index contributed by atoms with van der Waals surface area (Å²) in [6.45, 7) is 3.27. The van der Waals surface area contributed by atoms with Crippen molar-refractivity contribution in [2.24, 2.45) is 10.1 Å². The average molecular weight is 245 g/mol. The third-order valence-electron chi connectivity index (χ3n) is 1.70. The van der Waals surface area contributed by atoms with E-state index in [1.54, 1.807) is 0 Å². The van der Waals surface area contributed by atoms with Crippen molar-refractivity contribution in [3.05, 3.63) is 29.6 Å². The van der Waals surface area contributed by atoms with Crippen molar-refractivity contribution in [3.8, 4) is 0 Å². The van der Waals surface area contributed by atoms with E-state index >= 15 is 0 Å². The van der Waals surface area contributed by atoms with Crippen LogP contribution < -0.4 is 0 Å². The Bertz CT molecular complexity index is 400. The van der Waals surface area contributed by atoms with Crippen molar-refractivity contribution in [3.63, 3.8) is 0 Å². The molecule has 1 atom stereocenters. The predicted molar refractivity (Wildman–Crippen MR) is 60.9 cm³/mol. The molecule has 0 aliphatic carbocycles. The van der Waals surface area contributed by atoms with E-state index in [1.165, 1.54) is 28.5 Å². The van der Waals surface area contributed by atoms with Gasteiger partial charge < -0.3 is 4.84 Å². The fourth-order valence-corrected chi connectivity index (χ4v) is 1.14. The molecule has 7 heteroatoms. The van der Waals surface area contributed by atoms with E-state index in [2.05, 4.69) is 26.7 Å². The van der Waals surface area contributed by atoms with Gasteiger partial charge in [-0.25, -0.2) is 4.99 Å². The van der Waals surface area contributed by atoms with Crippen molar-refractivity contribution in [2.75, 3.05) is 7.11 Å². The van der Waals surface area contributed by atoms with E-state index in [1.807, 2.05) is 0 Å². The van der Waals surface area contributed by atoms with E-state index in [-0.39, 0.29) is 11.4 Å². The highest BCUT2D eigenvalue weighted by Gasteiger charge is 2.24. The van der Waals surface area contributed by atoms with Gasteiger partial charge in [-0.05, 0) is 18.9 Å². The highest BCUT2D eigenvalue weighted by molar-refractivity contribution is 7.17. The van der Waals surface area contributed by atoms with E-state index in [0.717, 1.165) is 6.20 Å². The molecule has 0 aliphatic heterocycles. The lowest BCUT2D eigenvalue weighted by molar-refractivity contribution is 0.103. The molecule has 0 saturated carbocycles. The molecule has 1 heterocycles. The topological polar surface area (TPSA) is 46.8 Å². The average Bonchev–Trinajstić information content (AvgIpc) is 2.25. The lowest BCUT2D eigenvalue weighted by atomic mass is 10.2. The molecule has 1 unspecified atom stereocenters. The molecule has 1 aromatic rings. The van der Waals surface area contributed by atoms with Crippen LogP contribution in [-0.2, 0) is 10.5 Å². The third kappa shape index (κ3) is 3.03. The Kier molecular flexibility index (Phi) is 4.01. The molecule has 0 amide bonds. The molecular formula is C9H10F2N3OP. The van der Waals surface area contributed by atoms with Crippen LogP contribution in [-0.4, -0.2) is 24.6 Å². The van der Waals surface area contributed by atoms with Crippen LogP contribution in [0.4, 0.5) is 8.78 Å². The summed E-state index contributed by atoms with van der Waals surface area (Å²) in [7, 11) is 2.78. The van der Waals surface area contributed by atoms with Crippen LogP contribution in [0.25, 0.3) is 0 Å². The highest BCUT2D eigenvalue weighted by Crippen LogP contribution is 2.34. The second-order valence-corrected chi connectivity index (χ2v) is 3.54. The van der Waals surface area contributed by atoms with Gasteiger partial charge in [-0.2, -0.15) is 8.78 Å². The van der Waals surface area contributed by atoms with Gasteiger partial charge in [0, 0.05) is 11.8 Å². The van der Waals surface area contributed by atoms with Crippen LogP contribution in [0.15, 0.2) is 28.5 Å². The van der Waals surface area contributed by atoms with Crippen LogP contribution >= 0.6 is 9.24 Å². The summed E-state index contributed by atoms with van der Waals surface area (Å²) in [5.74, 6) is 0.140. The zero-order chi connectivity index (χ0) is 12.2. The molecule has 0 spiro atoms. The number of pyridine rings is 1. The van der Waals surface area contributed by atoms with Gasteiger partial charge >= 0.3 is 0 Å². The molecule has 4 nitrogen and oxygen atoms in total. The summed E-state index contributed by atoms with van der Waals surface area (Å²) in [6.07, 6.45) is 1.05. The van der Waals surface area contributed by atoms with Gasteiger partial charge in [0.15, 0.2) is 0 Å². The summed E-state index contributed by atoms with van der Waals surface area (Å²) in [5, 5.41) is 3.54. The Morgan fingerprint density at radius 3 is 2.62 bits per heavy atom. The van der Waals surface area contributed by atoms with Gasteiger partial charge in [-0.3, -0.25) is 4.98 Å². The van der Waals surface area contributed by atoms with E-state index in [9.17, 15) is 8.78 Å². The van der Waals surface area contributed by atoms with E-state index < -0.39 is 5.66 Å². The van der Waals surface area contributed by atoms with Crippen LogP contribution in [0, 0.1) is 0 Å². The minimum Gasteiger partial charge on any atom is -0.397 e. The van der Waals surface area contributed by atoms with E-state index in [4.69, 9.17) is 0 Å². The van der Waals surface area contributed by atoms with Crippen molar-refractivity contribution >= 4 is 21.8 Å². The second kappa shape index (κ2) is 5.07. The van der Waals surface area contributed by atoms with Crippen LogP contribution in [0.5, 0.6) is 0 Å². The van der Waals surface area contributed by atoms with Crippen molar-refractivity contribution in [1.29, 1.82) is 0 Å². The quantitative estimate of drug-likeness (QED) is 0.354. The summed E-state index contributed by atoms with van der Waals surface area (Å²) < 4.78 is 25.7. The highest BCUT2D eigenvalue weighted by atomic mass is 31.0. The Morgan fingerprint density at radius 2 is 2.25 bits per heavy atom. The van der Waals surface area contributed by atoms with Crippen molar-refractivity contribution in [1.82, 2.24) is 4.98 Å². The first-order valence-corrected chi connectivity index (χ1v) is 4.78. The molecule has 0 radical (unpaired) electrons. The number of halogens is 2. The molecule has 0 fully saturated rings. The summed E-state index contributed by atoms with van der Waals surface area (Å²) in [5.41, 5.74) is -2.89. The number of aromatic nitrogens is 1. The first kappa shape index (κ1) is 12.6. The number of amidine groups is 1. The largest absolute Gasteiger partial charge is 0.397 e. The summed E-state index contributed by atoms with van der Waals surface area (Å²) in [6, 6.07) is 2.62. The van der Waals surface area contributed by atoms with Gasteiger partial charge in [0.2, 0.25) is 5.84 Å². The maximum absolute atomic E-state index is 12.8. The minimum atomic E-state index is -2.99. The normalized spacial score (nSPS) is 12.4. The minimum absolute atomic E-state index is 0.140. The number of hydrogen-bond acceptors (Lipinski definition) is 3. The molecule has 0 aromatic carbocycles. The fourth-order valence-electron chi connectivity index (χ4n) is 0.966. The first-order valence-electron chi connectivity index (χ1n) is 4.20. The fraction of sp³-hybridized carbons (Fsp3) is 0.222. The Hall–Kier alpha value is -1.42. The molecule has 1 rings (SSSR count). The standard InChI is InChI=1S/C9H10F2N3OP/c1-12-8(14-15-2)7-4-3-6(5-13-7)9(10,11)16/h3-5H,1,16H2,2H3/b14-8-. The van der Waals surface area contributed by atoms with Gasteiger partial charge in [0.1, 0.15) is 12.8 Å². The summed E-state index contributed by atoms with van der Waals surface area (Å²) >= 11 is 0. The van der Waals surface area contributed by atoms with Crippen LogP contribution in [0.1, 0.15) is 11.3 Å². The molecule has 0 aliphatic rings.